The van der Waals surface area contributed by atoms with Gasteiger partial charge >= 0.3 is 0 Å². The van der Waals surface area contributed by atoms with Gasteiger partial charge in [-0.3, -0.25) is 4.31 Å². The third-order valence-electron chi connectivity index (χ3n) is 3.37. The van der Waals surface area contributed by atoms with Crippen molar-refractivity contribution in [3.8, 4) is 11.3 Å². The van der Waals surface area contributed by atoms with Crippen LogP contribution in [-0.2, 0) is 16.4 Å². The number of thiazole rings is 1. The molecule has 0 saturated heterocycles. The van der Waals surface area contributed by atoms with Crippen molar-refractivity contribution >= 4 is 32.2 Å². The molecule has 0 saturated carbocycles. The number of nitrogens with zero attached hydrogens (tertiary/aromatic N) is 2. The molecule has 1 aliphatic heterocycles. The summed E-state index contributed by atoms with van der Waals surface area (Å²) in [6, 6.07) is 5.78. The Bertz CT molecular complexity index is 753. The van der Waals surface area contributed by atoms with Crippen molar-refractivity contribution in [2.75, 3.05) is 22.8 Å². The van der Waals surface area contributed by atoms with Gasteiger partial charge in [-0.2, -0.15) is 0 Å². The van der Waals surface area contributed by atoms with Crippen LogP contribution < -0.4 is 10.0 Å². The molecule has 5 nitrogen and oxygen atoms in total. The maximum atomic E-state index is 11.8. The van der Waals surface area contributed by atoms with E-state index in [1.165, 1.54) is 21.9 Å². The summed E-state index contributed by atoms with van der Waals surface area (Å²) in [4.78, 5) is 4.26. The summed E-state index contributed by atoms with van der Waals surface area (Å²) in [6.07, 6.45) is 2.97. The van der Waals surface area contributed by atoms with Crippen LogP contribution in [0, 0.1) is 0 Å². The fourth-order valence-electron chi connectivity index (χ4n) is 2.49. The predicted molar refractivity (Wildman–Crippen MR) is 82.5 cm³/mol. The van der Waals surface area contributed by atoms with Gasteiger partial charge in [0, 0.05) is 17.5 Å². The monoisotopic (exact) mass is 309 g/mol. The Morgan fingerprint density at radius 3 is 2.85 bits per heavy atom. The molecule has 0 amide bonds. The molecule has 0 aliphatic carbocycles. The van der Waals surface area contributed by atoms with E-state index >= 15 is 0 Å². The number of nitrogens with two attached hydrogens (primary N) is 1. The number of anilines is 2. The summed E-state index contributed by atoms with van der Waals surface area (Å²) in [5.41, 5.74) is 9.30. The molecular weight excluding hydrogens is 294 g/mol. The summed E-state index contributed by atoms with van der Waals surface area (Å²) in [5.74, 6) is 0. The molecule has 0 radical (unpaired) electrons. The Hall–Kier alpha value is -1.60. The summed E-state index contributed by atoms with van der Waals surface area (Å²) in [7, 11) is -3.21. The van der Waals surface area contributed by atoms with Crippen LogP contribution in [0.4, 0.5) is 10.8 Å². The number of nitrogen functional groups attached to an aromatic ring is 1. The van der Waals surface area contributed by atoms with Gasteiger partial charge in [0.2, 0.25) is 10.0 Å². The van der Waals surface area contributed by atoms with Crippen molar-refractivity contribution < 1.29 is 8.42 Å². The van der Waals surface area contributed by atoms with Crippen molar-refractivity contribution in [3.63, 3.8) is 0 Å². The van der Waals surface area contributed by atoms with Crippen molar-refractivity contribution in [1.29, 1.82) is 0 Å². The highest BCUT2D eigenvalue weighted by molar-refractivity contribution is 7.92. The summed E-state index contributed by atoms with van der Waals surface area (Å²) < 4.78 is 25.1. The first-order valence-electron chi connectivity index (χ1n) is 6.27. The number of hydrogen-bond donors (Lipinski definition) is 1. The number of aryl methyl sites for hydroxylation is 1. The van der Waals surface area contributed by atoms with Crippen LogP contribution in [0.3, 0.4) is 0 Å². The first-order chi connectivity index (χ1) is 9.45. The van der Waals surface area contributed by atoms with Gasteiger partial charge in [-0.05, 0) is 30.5 Å². The quantitative estimate of drug-likeness (QED) is 0.921. The zero-order valence-electron chi connectivity index (χ0n) is 11.0. The number of hydrogen-bond acceptors (Lipinski definition) is 5. The van der Waals surface area contributed by atoms with E-state index in [9.17, 15) is 8.42 Å². The van der Waals surface area contributed by atoms with E-state index in [2.05, 4.69) is 4.98 Å². The van der Waals surface area contributed by atoms with Gasteiger partial charge in [0.1, 0.15) is 0 Å². The standard InChI is InChI=1S/C13H15N3O2S2/c1-20(17,18)16-6-2-3-10-7-9(4-5-12(10)16)11-8-19-13(14)15-11/h4-5,7-8H,2-3,6H2,1H3,(H2,14,15). The van der Waals surface area contributed by atoms with Crippen LogP contribution in [0.1, 0.15) is 12.0 Å². The number of benzene rings is 1. The molecular formula is C13H15N3O2S2. The molecule has 7 heteroatoms. The van der Waals surface area contributed by atoms with Crippen LogP contribution in [0.2, 0.25) is 0 Å². The lowest BCUT2D eigenvalue weighted by Crippen LogP contribution is -2.34. The van der Waals surface area contributed by atoms with Crippen molar-refractivity contribution in [2.45, 2.75) is 12.8 Å². The molecule has 0 spiro atoms. The fraction of sp³-hybridized carbons (Fsp3) is 0.308. The van der Waals surface area contributed by atoms with E-state index in [1.807, 2.05) is 23.6 Å². The molecule has 20 heavy (non-hydrogen) atoms. The van der Waals surface area contributed by atoms with Crippen molar-refractivity contribution in [3.05, 3.63) is 29.1 Å². The Kier molecular flexibility index (Phi) is 3.18. The molecule has 0 atom stereocenters. The van der Waals surface area contributed by atoms with Gasteiger partial charge in [0.15, 0.2) is 5.13 Å². The van der Waals surface area contributed by atoms with Crippen molar-refractivity contribution in [2.24, 2.45) is 0 Å². The van der Waals surface area contributed by atoms with Gasteiger partial charge in [0.25, 0.3) is 0 Å². The second-order valence-corrected chi connectivity index (χ2v) is 7.65. The highest BCUT2D eigenvalue weighted by atomic mass is 32.2. The predicted octanol–water partition coefficient (Wildman–Crippen LogP) is 2.10. The third-order valence-corrected chi connectivity index (χ3v) is 5.23. The molecule has 106 valence electrons. The molecule has 0 unspecified atom stereocenters. The average molecular weight is 309 g/mol. The Balaban J connectivity index is 2.05. The molecule has 0 bridgehead atoms. The van der Waals surface area contributed by atoms with E-state index in [-0.39, 0.29) is 0 Å². The number of rotatable bonds is 2. The summed E-state index contributed by atoms with van der Waals surface area (Å²) >= 11 is 1.40. The highest BCUT2D eigenvalue weighted by Crippen LogP contribution is 2.33. The minimum atomic E-state index is -3.21. The average Bonchev–Trinajstić information content (AvgIpc) is 2.83. The molecule has 2 heterocycles. The lowest BCUT2D eigenvalue weighted by Gasteiger charge is -2.29. The van der Waals surface area contributed by atoms with Crippen LogP contribution in [0.15, 0.2) is 23.6 Å². The van der Waals surface area contributed by atoms with E-state index in [4.69, 9.17) is 5.73 Å². The Morgan fingerprint density at radius 2 is 2.20 bits per heavy atom. The van der Waals surface area contributed by atoms with Gasteiger partial charge < -0.3 is 5.73 Å². The summed E-state index contributed by atoms with van der Waals surface area (Å²) in [6.45, 7) is 0.550. The molecule has 2 N–H and O–H groups in total. The maximum absolute atomic E-state index is 11.8. The lowest BCUT2D eigenvalue weighted by atomic mass is 10.00. The highest BCUT2D eigenvalue weighted by Gasteiger charge is 2.24. The number of aromatic nitrogens is 1. The number of fused-ring (bicyclic) bond motifs is 1. The molecule has 3 rings (SSSR count). The molecule has 1 aromatic carbocycles. The minimum Gasteiger partial charge on any atom is -0.375 e. The first-order valence-corrected chi connectivity index (χ1v) is 9.00. The molecule has 1 aliphatic rings. The summed E-state index contributed by atoms with van der Waals surface area (Å²) in [5, 5.41) is 2.45. The lowest BCUT2D eigenvalue weighted by molar-refractivity contribution is 0.592. The second-order valence-electron chi connectivity index (χ2n) is 4.85. The number of sulfonamides is 1. The topological polar surface area (TPSA) is 76.3 Å². The van der Waals surface area contributed by atoms with Crippen LogP contribution in [-0.4, -0.2) is 26.2 Å². The van der Waals surface area contributed by atoms with Crippen LogP contribution in [0.25, 0.3) is 11.3 Å². The van der Waals surface area contributed by atoms with E-state index in [0.29, 0.717) is 11.7 Å². The zero-order chi connectivity index (χ0) is 14.3. The minimum absolute atomic E-state index is 0.537. The van der Waals surface area contributed by atoms with Gasteiger partial charge in [0.05, 0.1) is 17.6 Å². The van der Waals surface area contributed by atoms with Crippen LogP contribution in [0.5, 0.6) is 0 Å². The smallest absolute Gasteiger partial charge is 0.232 e. The molecule has 2 aromatic rings. The maximum Gasteiger partial charge on any atom is 0.232 e. The van der Waals surface area contributed by atoms with E-state index in [0.717, 1.165) is 35.3 Å². The second kappa shape index (κ2) is 4.75. The largest absolute Gasteiger partial charge is 0.375 e. The van der Waals surface area contributed by atoms with Gasteiger partial charge in [-0.15, -0.1) is 11.3 Å². The normalized spacial score (nSPS) is 15.2. The fourth-order valence-corrected chi connectivity index (χ4v) is 4.05. The van der Waals surface area contributed by atoms with Gasteiger partial charge in [-0.1, -0.05) is 6.07 Å². The molecule has 1 aromatic heterocycles. The van der Waals surface area contributed by atoms with Crippen LogP contribution >= 0.6 is 11.3 Å². The SMILES string of the molecule is CS(=O)(=O)N1CCCc2cc(-c3csc(N)n3)ccc21. The Labute approximate surface area is 122 Å². The molecule has 0 fully saturated rings. The van der Waals surface area contributed by atoms with E-state index < -0.39 is 10.0 Å². The van der Waals surface area contributed by atoms with Crippen molar-refractivity contribution in [1.82, 2.24) is 4.98 Å². The Morgan fingerprint density at radius 1 is 1.40 bits per heavy atom. The van der Waals surface area contributed by atoms with E-state index in [1.54, 1.807) is 0 Å². The van der Waals surface area contributed by atoms with Gasteiger partial charge in [-0.25, -0.2) is 13.4 Å². The first kappa shape index (κ1) is 13.4. The zero-order valence-corrected chi connectivity index (χ0v) is 12.7. The third kappa shape index (κ3) is 2.38.